The van der Waals surface area contributed by atoms with Crippen LogP contribution in [0.25, 0.3) is 16.8 Å². The number of rotatable bonds is 5. The number of hydrogen-bond acceptors (Lipinski definition) is 2. The molecule has 22 heavy (non-hydrogen) atoms. The Hall–Kier alpha value is -2.87. The molecule has 108 valence electrons. The SMILES string of the molecule is O=Cc1c(OCC=Cc2ccccc2)ccc2ccccc12. The predicted molar refractivity (Wildman–Crippen MR) is 90.3 cm³/mol. The molecule has 0 aliphatic rings. The molecule has 3 aromatic carbocycles. The average Bonchev–Trinajstić information content (AvgIpc) is 2.59. The predicted octanol–water partition coefficient (Wildman–Crippen LogP) is 4.74. The van der Waals surface area contributed by atoms with Crippen LogP contribution < -0.4 is 4.74 Å². The number of hydrogen-bond donors (Lipinski definition) is 0. The Morgan fingerprint density at radius 2 is 1.64 bits per heavy atom. The number of carbonyl (C=O) groups excluding carboxylic acids is 1. The second-order valence-corrected chi connectivity index (χ2v) is 4.94. The largest absolute Gasteiger partial charge is 0.489 e. The minimum atomic E-state index is 0.425. The van der Waals surface area contributed by atoms with Crippen LogP contribution in [0.15, 0.2) is 72.8 Å². The Morgan fingerprint density at radius 1 is 0.864 bits per heavy atom. The average molecular weight is 288 g/mol. The van der Waals surface area contributed by atoms with Crippen molar-refractivity contribution in [2.24, 2.45) is 0 Å². The van der Waals surface area contributed by atoms with Gasteiger partial charge in [0.2, 0.25) is 0 Å². The quantitative estimate of drug-likeness (QED) is 0.634. The highest BCUT2D eigenvalue weighted by Crippen LogP contribution is 2.26. The normalized spacial score (nSPS) is 10.9. The molecule has 0 aliphatic heterocycles. The van der Waals surface area contributed by atoms with Crippen molar-refractivity contribution >= 4 is 23.1 Å². The van der Waals surface area contributed by atoms with E-state index in [0.717, 1.165) is 22.6 Å². The van der Waals surface area contributed by atoms with Crippen LogP contribution >= 0.6 is 0 Å². The minimum absolute atomic E-state index is 0.425. The number of benzene rings is 3. The van der Waals surface area contributed by atoms with Gasteiger partial charge in [-0.15, -0.1) is 0 Å². The van der Waals surface area contributed by atoms with Gasteiger partial charge in [0, 0.05) is 0 Å². The van der Waals surface area contributed by atoms with Crippen molar-refractivity contribution in [3.8, 4) is 5.75 Å². The summed E-state index contributed by atoms with van der Waals surface area (Å²) in [4.78, 5) is 11.4. The third kappa shape index (κ3) is 3.07. The summed E-state index contributed by atoms with van der Waals surface area (Å²) in [5.41, 5.74) is 1.73. The van der Waals surface area contributed by atoms with Crippen molar-refractivity contribution in [3.05, 3.63) is 83.9 Å². The molecule has 0 N–H and O–H groups in total. The van der Waals surface area contributed by atoms with Gasteiger partial charge in [0.05, 0.1) is 5.56 Å². The van der Waals surface area contributed by atoms with Crippen molar-refractivity contribution in [1.82, 2.24) is 0 Å². The lowest BCUT2D eigenvalue weighted by Crippen LogP contribution is -1.97. The number of carbonyl (C=O) groups is 1. The van der Waals surface area contributed by atoms with Gasteiger partial charge < -0.3 is 4.74 Å². The van der Waals surface area contributed by atoms with Crippen LogP contribution in [-0.4, -0.2) is 12.9 Å². The Morgan fingerprint density at radius 3 is 2.45 bits per heavy atom. The van der Waals surface area contributed by atoms with Crippen molar-refractivity contribution in [3.63, 3.8) is 0 Å². The molecule has 0 bridgehead atoms. The maximum absolute atomic E-state index is 11.4. The van der Waals surface area contributed by atoms with Gasteiger partial charge in [0.15, 0.2) is 6.29 Å². The first kappa shape index (κ1) is 14.1. The molecule has 2 heteroatoms. The highest BCUT2D eigenvalue weighted by atomic mass is 16.5. The Kier molecular flexibility index (Phi) is 4.30. The first-order chi connectivity index (χ1) is 10.9. The summed E-state index contributed by atoms with van der Waals surface area (Å²) in [6.45, 7) is 0.425. The van der Waals surface area contributed by atoms with Gasteiger partial charge in [-0.05, 0) is 28.5 Å². The zero-order valence-electron chi connectivity index (χ0n) is 12.1. The third-order valence-electron chi connectivity index (χ3n) is 3.49. The number of aldehydes is 1. The summed E-state index contributed by atoms with van der Waals surface area (Å²) in [6.07, 6.45) is 4.80. The molecule has 3 rings (SSSR count). The lowest BCUT2D eigenvalue weighted by molar-refractivity contribution is 0.112. The summed E-state index contributed by atoms with van der Waals surface area (Å²) in [5.74, 6) is 0.617. The van der Waals surface area contributed by atoms with E-state index in [9.17, 15) is 4.79 Å². The standard InChI is InChI=1S/C20H16O2/c21-15-19-18-11-5-4-10-17(18)12-13-20(19)22-14-6-9-16-7-2-1-3-8-16/h1-13,15H,14H2. The minimum Gasteiger partial charge on any atom is -0.489 e. The van der Waals surface area contributed by atoms with Crippen molar-refractivity contribution < 1.29 is 9.53 Å². The molecule has 0 amide bonds. The lowest BCUT2D eigenvalue weighted by atomic mass is 10.0. The van der Waals surface area contributed by atoms with Gasteiger partial charge in [-0.3, -0.25) is 4.79 Å². The van der Waals surface area contributed by atoms with E-state index in [1.807, 2.05) is 78.9 Å². The molecule has 0 spiro atoms. The molecule has 3 aromatic rings. The summed E-state index contributed by atoms with van der Waals surface area (Å²) >= 11 is 0. The van der Waals surface area contributed by atoms with E-state index in [0.29, 0.717) is 17.9 Å². The van der Waals surface area contributed by atoms with Gasteiger partial charge in [-0.25, -0.2) is 0 Å². The summed E-state index contributed by atoms with van der Waals surface area (Å²) in [6, 6.07) is 21.7. The molecule has 0 saturated heterocycles. The van der Waals surface area contributed by atoms with Gasteiger partial charge >= 0.3 is 0 Å². The summed E-state index contributed by atoms with van der Waals surface area (Å²) in [7, 11) is 0. The molecule has 0 radical (unpaired) electrons. The molecule has 2 nitrogen and oxygen atoms in total. The molecular weight excluding hydrogens is 272 g/mol. The van der Waals surface area contributed by atoms with Gasteiger partial charge in [0.1, 0.15) is 12.4 Å². The maximum atomic E-state index is 11.4. The zero-order chi connectivity index (χ0) is 15.2. The molecular formula is C20H16O2. The Balaban J connectivity index is 1.77. The van der Waals surface area contributed by atoms with Crippen molar-refractivity contribution in [2.75, 3.05) is 6.61 Å². The van der Waals surface area contributed by atoms with Crippen LogP contribution in [0.1, 0.15) is 15.9 Å². The van der Waals surface area contributed by atoms with E-state index < -0.39 is 0 Å². The van der Waals surface area contributed by atoms with Crippen LogP contribution in [-0.2, 0) is 0 Å². The fourth-order valence-electron chi connectivity index (χ4n) is 2.41. The first-order valence-corrected chi connectivity index (χ1v) is 7.20. The zero-order valence-corrected chi connectivity index (χ0v) is 12.1. The highest BCUT2D eigenvalue weighted by Gasteiger charge is 2.07. The van der Waals surface area contributed by atoms with E-state index in [4.69, 9.17) is 4.74 Å². The molecule has 0 heterocycles. The van der Waals surface area contributed by atoms with Crippen molar-refractivity contribution in [1.29, 1.82) is 0 Å². The monoisotopic (exact) mass is 288 g/mol. The fourth-order valence-corrected chi connectivity index (χ4v) is 2.41. The van der Waals surface area contributed by atoms with E-state index in [2.05, 4.69) is 0 Å². The molecule has 0 aromatic heterocycles. The number of fused-ring (bicyclic) bond motifs is 1. The highest BCUT2D eigenvalue weighted by molar-refractivity contribution is 6.00. The molecule has 0 unspecified atom stereocenters. The number of ether oxygens (including phenoxy) is 1. The van der Waals surface area contributed by atoms with E-state index >= 15 is 0 Å². The Bertz CT molecular complexity index is 804. The summed E-state index contributed by atoms with van der Waals surface area (Å²) in [5, 5.41) is 1.96. The maximum Gasteiger partial charge on any atom is 0.154 e. The van der Waals surface area contributed by atoms with Gasteiger partial charge in [0.25, 0.3) is 0 Å². The van der Waals surface area contributed by atoms with Crippen LogP contribution in [0.3, 0.4) is 0 Å². The smallest absolute Gasteiger partial charge is 0.154 e. The summed E-state index contributed by atoms with van der Waals surface area (Å²) < 4.78 is 5.74. The van der Waals surface area contributed by atoms with Gasteiger partial charge in [-0.1, -0.05) is 66.7 Å². The first-order valence-electron chi connectivity index (χ1n) is 7.20. The molecule has 0 fully saturated rings. The topological polar surface area (TPSA) is 26.3 Å². The van der Waals surface area contributed by atoms with Crippen molar-refractivity contribution in [2.45, 2.75) is 0 Å². The second-order valence-electron chi connectivity index (χ2n) is 4.94. The van der Waals surface area contributed by atoms with Crippen LogP contribution in [0.5, 0.6) is 5.75 Å². The van der Waals surface area contributed by atoms with Gasteiger partial charge in [-0.2, -0.15) is 0 Å². The molecule has 0 saturated carbocycles. The van der Waals surface area contributed by atoms with Crippen LogP contribution in [0.4, 0.5) is 0 Å². The fraction of sp³-hybridized carbons (Fsp3) is 0.0500. The van der Waals surface area contributed by atoms with Crippen LogP contribution in [0.2, 0.25) is 0 Å². The molecule has 0 atom stereocenters. The third-order valence-corrected chi connectivity index (χ3v) is 3.49. The van der Waals surface area contributed by atoms with Crippen LogP contribution in [0, 0.1) is 0 Å². The Labute approximate surface area is 129 Å². The van der Waals surface area contributed by atoms with E-state index in [-0.39, 0.29) is 0 Å². The second kappa shape index (κ2) is 6.72. The van der Waals surface area contributed by atoms with E-state index in [1.54, 1.807) is 0 Å². The molecule has 0 aliphatic carbocycles. The van der Waals surface area contributed by atoms with E-state index in [1.165, 1.54) is 0 Å². The lowest BCUT2D eigenvalue weighted by Gasteiger charge is -2.09.